The maximum atomic E-state index is 13.9. The molecular formula is C17H29FN2O. The molecule has 0 atom stereocenters. The summed E-state index contributed by atoms with van der Waals surface area (Å²) in [7, 11) is 3.71. The summed E-state index contributed by atoms with van der Waals surface area (Å²) < 4.78 is 19.0. The van der Waals surface area contributed by atoms with Gasteiger partial charge < -0.3 is 15.0 Å². The predicted octanol–water partition coefficient (Wildman–Crippen LogP) is 3.18. The van der Waals surface area contributed by atoms with Gasteiger partial charge >= 0.3 is 0 Å². The molecule has 1 rings (SSSR count). The van der Waals surface area contributed by atoms with E-state index < -0.39 is 0 Å². The van der Waals surface area contributed by atoms with Crippen molar-refractivity contribution in [1.29, 1.82) is 0 Å². The van der Waals surface area contributed by atoms with Crippen molar-refractivity contribution in [3.05, 3.63) is 35.1 Å². The summed E-state index contributed by atoms with van der Waals surface area (Å²) in [5.74, 6) is -0.131. The van der Waals surface area contributed by atoms with Gasteiger partial charge in [-0.3, -0.25) is 0 Å². The van der Waals surface area contributed by atoms with E-state index in [0.29, 0.717) is 6.54 Å². The van der Waals surface area contributed by atoms with E-state index in [1.165, 1.54) is 0 Å². The second kappa shape index (κ2) is 8.47. The highest BCUT2D eigenvalue weighted by Crippen LogP contribution is 2.14. The van der Waals surface area contributed by atoms with Crippen molar-refractivity contribution < 1.29 is 9.13 Å². The smallest absolute Gasteiger partial charge is 0.127 e. The monoisotopic (exact) mass is 296 g/mol. The molecule has 0 fully saturated rings. The van der Waals surface area contributed by atoms with Crippen LogP contribution >= 0.6 is 0 Å². The number of nitrogens with one attached hydrogen (secondary N) is 1. The number of hydrogen-bond acceptors (Lipinski definition) is 3. The highest BCUT2D eigenvalue weighted by molar-refractivity contribution is 5.25. The van der Waals surface area contributed by atoms with Gasteiger partial charge in [0.25, 0.3) is 0 Å². The Hall–Kier alpha value is -0.970. The average molecular weight is 296 g/mol. The fraction of sp³-hybridized carbons (Fsp3) is 0.647. The van der Waals surface area contributed by atoms with Gasteiger partial charge in [0.15, 0.2) is 0 Å². The summed E-state index contributed by atoms with van der Waals surface area (Å²) in [6, 6.07) is 5.38. The van der Waals surface area contributed by atoms with Crippen molar-refractivity contribution in [3.63, 3.8) is 0 Å². The third-order valence-corrected chi connectivity index (χ3v) is 3.26. The molecule has 0 aliphatic carbocycles. The highest BCUT2D eigenvalue weighted by Gasteiger charge is 2.10. The van der Waals surface area contributed by atoms with Crippen molar-refractivity contribution in [2.24, 2.45) is 0 Å². The SMILES string of the molecule is COCCCN(C)Cc1cc(CNC(C)(C)C)ccc1F. The minimum Gasteiger partial charge on any atom is -0.385 e. The summed E-state index contributed by atoms with van der Waals surface area (Å²) in [5, 5.41) is 3.43. The number of methoxy groups -OCH3 is 1. The molecule has 21 heavy (non-hydrogen) atoms. The van der Waals surface area contributed by atoms with Gasteiger partial charge in [-0.15, -0.1) is 0 Å². The van der Waals surface area contributed by atoms with Crippen LogP contribution in [0, 0.1) is 5.82 Å². The van der Waals surface area contributed by atoms with Crippen molar-refractivity contribution in [2.75, 3.05) is 27.3 Å². The Morgan fingerprint density at radius 3 is 2.62 bits per heavy atom. The molecule has 1 aromatic carbocycles. The number of ether oxygens (including phenoxy) is 1. The lowest BCUT2D eigenvalue weighted by Crippen LogP contribution is -2.35. The number of halogens is 1. The lowest BCUT2D eigenvalue weighted by Gasteiger charge is -2.21. The number of hydrogen-bond donors (Lipinski definition) is 1. The van der Waals surface area contributed by atoms with Gasteiger partial charge in [-0.05, 0) is 45.9 Å². The van der Waals surface area contributed by atoms with Gasteiger partial charge in [0.2, 0.25) is 0 Å². The van der Waals surface area contributed by atoms with Crippen LogP contribution in [0.1, 0.15) is 38.3 Å². The molecule has 120 valence electrons. The van der Waals surface area contributed by atoms with E-state index in [2.05, 4.69) is 31.0 Å². The summed E-state index contributed by atoms with van der Waals surface area (Å²) in [4.78, 5) is 2.12. The van der Waals surface area contributed by atoms with Gasteiger partial charge in [0.1, 0.15) is 5.82 Å². The van der Waals surface area contributed by atoms with Crippen LogP contribution in [-0.4, -0.2) is 37.7 Å². The molecule has 0 aromatic heterocycles. The number of nitrogens with zero attached hydrogens (tertiary/aromatic N) is 1. The van der Waals surface area contributed by atoms with Gasteiger partial charge in [-0.2, -0.15) is 0 Å². The Balaban J connectivity index is 2.60. The van der Waals surface area contributed by atoms with Crippen molar-refractivity contribution in [1.82, 2.24) is 10.2 Å². The first-order chi connectivity index (χ1) is 9.81. The first kappa shape index (κ1) is 18.1. The fourth-order valence-electron chi connectivity index (χ4n) is 2.08. The molecule has 0 aliphatic rings. The van der Waals surface area contributed by atoms with Crippen LogP contribution in [0.25, 0.3) is 0 Å². The predicted molar refractivity (Wildman–Crippen MR) is 85.8 cm³/mol. The molecule has 3 nitrogen and oxygen atoms in total. The molecule has 0 unspecified atom stereocenters. The topological polar surface area (TPSA) is 24.5 Å². The quantitative estimate of drug-likeness (QED) is 0.746. The van der Waals surface area contributed by atoms with Crippen LogP contribution in [-0.2, 0) is 17.8 Å². The molecule has 0 bridgehead atoms. The van der Waals surface area contributed by atoms with Crippen molar-refractivity contribution >= 4 is 0 Å². The summed E-state index contributed by atoms with van der Waals surface area (Å²) >= 11 is 0. The Labute approximate surface area is 128 Å². The van der Waals surface area contributed by atoms with E-state index in [1.807, 2.05) is 19.2 Å². The lowest BCUT2D eigenvalue weighted by molar-refractivity contribution is 0.177. The van der Waals surface area contributed by atoms with Crippen LogP contribution in [0.2, 0.25) is 0 Å². The number of benzene rings is 1. The molecule has 1 N–H and O–H groups in total. The molecule has 0 radical (unpaired) electrons. The van der Waals surface area contributed by atoms with Gasteiger partial charge in [0, 0.05) is 44.5 Å². The van der Waals surface area contributed by atoms with Crippen LogP contribution in [0.4, 0.5) is 4.39 Å². The van der Waals surface area contributed by atoms with Crippen LogP contribution in [0.15, 0.2) is 18.2 Å². The largest absolute Gasteiger partial charge is 0.385 e. The summed E-state index contributed by atoms with van der Waals surface area (Å²) in [5.41, 5.74) is 1.93. The van der Waals surface area contributed by atoms with Crippen molar-refractivity contribution in [2.45, 2.75) is 45.8 Å². The van der Waals surface area contributed by atoms with Crippen LogP contribution in [0.5, 0.6) is 0 Å². The zero-order valence-electron chi connectivity index (χ0n) is 14.0. The third-order valence-electron chi connectivity index (χ3n) is 3.26. The highest BCUT2D eigenvalue weighted by atomic mass is 19.1. The Kier molecular flexibility index (Phi) is 7.29. The molecule has 4 heteroatoms. The van der Waals surface area contributed by atoms with Gasteiger partial charge in [0.05, 0.1) is 0 Å². The first-order valence-corrected chi connectivity index (χ1v) is 7.51. The lowest BCUT2D eigenvalue weighted by atomic mass is 10.1. The fourth-order valence-corrected chi connectivity index (χ4v) is 2.08. The Morgan fingerprint density at radius 2 is 2.00 bits per heavy atom. The van der Waals surface area contributed by atoms with E-state index in [4.69, 9.17) is 4.74 Å². The van der Waals surface area contributed by atoms with Crippen LogP contribution < -0.4 is 5.32 Å². The molecule has 1 aromatic rings. The maximum Gasteiger partial charge on any atom is 0.127 e. The summed E-state index contributed by atoms with van der Waals surface area (Å²) in [6.45, 7) is 9.40. The van der Waals surface area contributed by atoms with E-state index in [9.17, 15) is 4.39 Å². The molecule has 0 aliphatic heterocycles. The van der Waals surface area contributed by atoms with E-state index in [1.54, 1.807) is 13.2 Å². The second-order valence-corrected chi connectivity index (χ2v) is 6.61. The molecule has 0 spiro atoms. The molecule has 0 heterocycles. The van der Waals surface area contributed by atoms with E-state index >= 15 is 0 Å². The molecule has 0 saturated carbocycles. The second-order valence-electron chi connectivity index (χ2n) is 6.61. The minimum absolute atomic E-state index is 0.0610. The molecule has 0 saturated heterocycles. The van der Waals surface area contributed by atoms with E-state index in [0.717, 1.165) is 37.2 Å². The summed E-state index contributed by atoms with van der Waals surface area (Å²) in [6.07, 6.45) is 0.958. The standard InChI is InChI=1S/C17H29FN2O/c1-17(2,3)19-12-14-7-8-16(18)15(11-14)13-20(4)9-6-10-21-5/h7-8,11,19H,6,9-10,12-13H2,1-5H3. The normalized spacial score (nSPS) is 12.1. The number of rotatable bonds is 8. The van der Waals surface area contributed by atoms with Gasteiger partial charge in [-0.25, -0.2) is 4.39 Å². The Morgan fingerprint density at radius 1 is 1.29 bits per heavy atom. The zero-order chi connectivity index (χ0) is 15.9. The average Bonchev–Trinajstić information content (AvgIpc) is 2.39. The first-order valence-electron chi connectivity index (χ1n) is 7.51. The third kappa shape index (κ3) is 7.55. The van der Waals surface area contributed by atoms with E-state index in [-0.39, 0.29) is 11.4 Å². The van der Waals surface area contributed by atoms with Crippen molar-refractivity contribution in [3.8, 4) is 0 Å². The molecule has 0 amide bonds. The molecular weight excluding hydrogens is 267 g/mol. The maximum absolute atomic E-state index is 13.9. The Bertz CT molecular complexity index is 429. The minimum atomic E-state index is -0.131. The zero-order valence-corrected chi connectivity index (χ0v) is 14.0. The van der Waals surface area contributed by atoms with Crippen LogP contribution in [0.3, 0.4) is 0 Å². The van der Waals surface area contributed by atoms with Gasteiger partial charge in [-0.1, -0.05) is 12.1 Å².